The van der Waals surface area contributed by atoms with Gasteiger partial charge >= 0.3 is 0 Å². The normalized spacial score (nSPS) is 18.6. The van der Waals surface area contributed by atoms with Crippen molar-refractivity contribution in [1.29, 1.82) is 0 Å². The minimum Gasteiger partial charge on any atom is -0.495 e. The standard InChI is InChI=1S/C12H14ClN3O3/c1-19-10-3-2-7(4-8(10)13)16-12(18)9-5-15-11(17)6-14-9/h2-4,9,14H,5-6H2,1H3,(H,15,17)(H,16,18). The Bertz CT molecular complexity index is 497. The van der Waals surface area contributed by atoms with Gasteiger partial charge in [-0.1, -0.05) is 11.6 Å². The number of anilines is 1. The molecule has 102 valence electrons. The van der Waals surface area contributed by atoms with Crippen LogP contribution in [0.3, 0.4) is 0 Å². The van der Waals surface area contributed by atoms with Crippen LogP contribution < -0.4 is 20.7 Å². The first-order valence-electron chi connectivity index (χ1n) is 5.74. The second-order valence-corrected chi connectivity index (χ2v) is 4.48. The molecule has 1 saturated heterocycles. The van der Waals surface area contributed by atoms with Gasteiger partial charge in [-0.3, -0.25) is 14.9 Å². The van der Waals surface area contributed by atoms with Crippen molar-refractivity contribution in [2.75, 3.05) is 25.5 Å². The molecule has 0 aromatic heterocycles. The molecule has 1 aliphatic heterocycles. The number of hydrogen-bond acceptors (Lipinski definition) is 4. The molecule has 0 spiro atoms. The van der Waals surface area contributed by atoms with Crippen molar-refractivity contribution in [2.45, 2.75) is 6.04 Å². The second-order valence-electron chi connectivity index (χ2n) is 4.08. The number of hydrogen-bond donors (Lipinski definition) is 3. The molecular weight excluding hydrogens is 270 g/mol. The van der Waals surface area contributed by atoms with Crippen LogP contribution in [0, 0.1) is 0 Å². The molecule has 0 bridgehead atoms. The van der Waals surface area contributed by atoms with Crippen molar-refractivity contribution in [1.82, 2.24) is 10.6 Å². The predicted octanol–water partition coefficient (Wildman–Crippen LogP) is 0.375. The van der Waals surface area contributed by atoms with Gasteiger partial charge in [0.1, 0.15) is 11.8 Å². The lowest BCUT2D eigenvalue weighted by molar-refractivity contribution is -0.124. The fourth-order valence-electron chi connectivity index (χ4n) is 1.73. The third-order valence-corrected chi connectivity index (χ3v) is 3.04. The number of benzene rings is 1. The summed E-state index contributed by atoms with van der Waals surface area (Å²) in [6, 6.07) is 4.54. The number of nitrogens with one attached hydrogen (secondary N) is 3. The Balaban J connectivity index is 1.99. The summed E-state index contributed by atoms with van der Waals surface area (Å²) in [5.41, 5.74) is 0.578. The van der Waals surface area contributed by atoms with Crippen LogP contribution in [0.2, 0.25) is 5.02 Å². The second kappa shape index (κ2) is 5.90. The fourth-order valence-corrected chi connectivity index (χ4v) is 1.98. The van der Waals surface area contributed by atoms with Crippen molar-refractivity contribution in [3.05, 3.63) is 23.2 Å². The Morgan fingerprint density at radius 1 is 1.53 bits per heavy atom. The van der Waals surface area contributed by atoms with Crippen molar-refractivity contribution >= 4 is 29.1 Å². The van der Waals surface area contributed by atoms with Gasteiger partial charge in [0.2, 0.25) is 11.8 Å². The number of halogens is 1. The summed E-state index contributed by atoms with van der Waals surface area (Å²) in [6.07, 6.45) is 0. The Morgan fingerprint density at radius 3 is 2.89 bits per heavy atom. The molecule has 1 aliphatic rings. The van der Waals surface area contributed by atoms with E-state index in [4.69, 9.17) is 16.3 Å². The molecule has 1 aromatic rings. The van der Waals surface area contributed by atoms with E-state index in [0.29, 0.717) is 16.5 Å². The highest BCUT2D eigenvalue weighted by Crippen LogP contribution is 2.27. The first-order chi connectivity index (χ1) is 9.10. The summed E-state index contributed by atoms with van der Waals surface area (Å²) < 4.78 is 5.03. The van der Waals surface area contributed by atoms with E-state index in [-0.39, 0.29) is 24.9 Å². The fraction of sp³-hybridized carbons (Fsp3) is 0.333. The third-order valence-electron chi connectivity index (χ3n) is 2.75. The van der Waals surface area contributed by atoms with Crippen LogP contribution in [0.15, 0.2) is 18.2 Å². The third kappa shape index (κ3) is 3.36. The van der Waals surface area contributed by atoms with E-state index in [1.54, 1.807) is 18.2 Å². The molecule has 0 radical (unpaired) electrons. The van der Waals surface area contributed by atoms with Crippen molar-refractivity contribution in [3.63, 3.8) is 0 Å². The van der Waals surface area contributed by atoms with Gasteiger partial charge in [0.15, 0.2) is 0 Å². The number of amides is 2. The molecule has 6 nitrogen and oxygen atoms in total. The van der Waals surface area contributed by atoms with Crippen LogP contribution in [-0.2, 0) is 9.59 Å². The van der Waals surface area contributed by atoms with Gasteiger partial charge in [0.05, 0.1) is 18.7 Å². The van der Waals surface area contributed by atoms with Gasteiger partial charge in [0.25, 0.3) is 0 Å². The Hall–Kier alpha value is -1.79. The summed E-state index contributed by atoms with van der Waals surface area (Å²) in [7, 11) is 1.52. The highest BCUT2D eigenvalue weighted by atomic mass is 35.5. The van der Waals surface area contributed by atoms with E-state index >= 15 is 0 Å². The summed E-state index contributed by atoms with van der Waals surface area (Å²) in [5.74, 6) is 0.209. The van der Waals surface area contributed by atoms with Crippen LogP contribution in [-0.4, -0.2) is 38.1 Å². The average molecular weight is 284 g/mol. The molecule has 2 rings (SSSR count). The van der Waals surface area contributed by atoms with Crippen LogP contribution in [0.4, 0.5) is 5.69 Å². The van der Waals surface area contributed by atoms with E-state index in [1.807, 2.05) is 0 Å². The van der Waals surface area contributed by atoms with Crippen LogP contribution >= 0.6 is 11.6 Å². The lowest BCUT2D eigenvalue weighted by Crippen LogP contribution is -2.56. The maximum absolute atomic E-state index is 11.9. The predicted molar refractivity (Wildman–Crippen MR) is 71.4 cm³/mol. The van der Waals surface area contributed by atoms with Gasteiger partial charge in [-0.25, -0.2) is 0 Å². The minimum atomic E-state index is -0.446. The van der Waals surface area contributed by atoms with Crippen molar-refractivity contribution < 1.29 is 14.3 Å². The molecule has 1 heterocycles. The highest BCUT2D eigenvalue weighted by molar-refractivity contribution is 6.32. The summed E-state index contributed by atoms with van der Waals surface area (Å²) >= 11 is 5.97. The molecule has 1 aromatic carbocycles. The smallest absolute Gasteiger partial charge is 0.243 e. The summed E-state index contributed by atoms with van der Waals surface area (Å²) in [4.78, 5) is 22.9. The zero-order valence-electron chi connectivity index (χ0n) is 10.3. The maximum atomic E-state index is 11.9. The Morgan fingerprint density at radius 2 is 2.32 bits per heavy atom. The quantitative estimate of drug-likeness (QED) is 0.749. The number of carbonyl (C=O) groups excluding carboxylic acids is 2. The van der Waals surface area contributed by atoms with Crippen molar-refractivity contribution in [3.8, 4) is 5.75 Å². The molecule has 0 aliphatic carbocycles. The number of rotatable bonds is 3. The molecule has 0 saturated carbocycles. The number of carbonyl (C=O) groups is 2. The maximum Gasteiger partial charge on any atom is 0.243 e. The SMILES string of the molecule is COc1ccc(NC(=O)C2CNC(=O)CN2)cc1Cl. The van der Waals surface area contributed by atoms with Crippen LogP contribution in [0.25, 0.3) is 0 Å². The Labute approximate surface area is 115 Å². The van der Waals surface area contributed by atoms with Gasteiger partial charge < -0.3 is 15.4 Å². The first-order valence-corrected chi connectivity index (χ1v) is 6.12. The highest BCUT2D eigenvalue weighted by Gasteiger charge is 2.23. The van der Waals surface area contributed by atoms with Gasteiger partial charge in [-0.2, -0.15) is 0 Å². The molecule has 19 heavy (non-hydrogen) atoms. The molecule has 3 N–H and O–H groups in total. The number of methoxy groups -OCH3 is 1. The average Bonchev–Trinajstić information content (AvgIpc) is 2.39. The molecule has 2 amide bonds. The zero-order valence-corrected chi connectivity index (χ0v) is 11.1. The zero-order chi connectivity index (χ0) is 13.8. The molecular formula is C12H14ClN3O3. The van der Waals surface area contributed by atoms with E-state index in [0.717, 1.165) is 0 Å². The minimum absolute atomic E-state index is 0.114. The topological polar surface area (TPSA) is 79.5 Å². The molecule has 1 atom stereocenters. The molecule has 1 fully saturated rings. The van der Waals surface area contributed by atoms with E-state index in [1.165, 1.54) is 7.11 Å². The summed E-state index contributed by atoms with van der Waals surface area (Å²) in [6.45, 7) is 0.413. The summed E-state index contributed by atoms with van der Waals surface area (Å²) in [5, 5.41) is 8.61. The van der Waals surface area contributed by atoms with E-state index in [9.17, 15) is 9.59 Å². The number of piperazine rings is 1. The number of ether oxygens (including phenoxy) is 1. The van der Waals surface area contributed by atoms with Gasteiger partial charge in [0, 0.05) is 12.2 Å². The van der Waals surface area contributed by atoms with Crippen LogP contribution in [0.5, 0.6) is 5.75 Å². The lowest BCUT2D eigenvalue weighted by atomic mass is 10.2. The van der Waals surface area contributed by atoms with Crippen molar-refractivity contribution in [2.24, 2.45) is 0 Å². The van der Waals surface area contributed by atoms with Crippen LogP contribution in [0.1, 0.15) is 0 Å². The Kier molecular flexibility index (Phi) is 4.24. The van der Waals surface area contributed by atoms with E-state index in [2.05, 4.69) is 16.0 Å². The lowest BCUT2D eigenvalue weighted by Gasteiger charge is -2.23. The molecule has 1 unspecified atom stereocenters. The largest absolute Gasteiger partial charge is 0.495 e. The molecule has 7 heteroatoms. The van der Waals surface area contributed by atoms with E-state index < -0.39 is 6.04 Å². The monoisotopic (exact) mass is 283 g/mol. The van der Waals surface area contributed by atoms with Gasteiger partial charge in [-0.05, 0) is 18.2 Å². The van der Waals surface area contributed by atoms with Gasteiger partial charge in [-0.15, -0.1) is 0 Å². The first kappa shape index (κ1) is 13.6.